The van der Waals surface area contributed by atoms with Gasteiger partial charge in [-0.3, -0.25) is 4.79 Å². The molecule has 1 aromatic carbocycles. The van der Waals surface area contributed by atoms with Crippen molar-refractivity contribution in [2.24, 2.45) is 5.73 Å². The van der Waals surface area contributed by atoms with Crippen LogP contribution < -0.4 is 10.6 Å². The van der Waals surface area contributed by atoms with Crippen molar-refractivity contribution < 1.29 is 9.69 Å². The number of carbonyl (C=O) groups is 1. The van der Waals surface area contributed by atoms with E-state index in [4.69, 9.17) is 18.0 Å². The molecule has 3 N–H and O–H groups in total. The van der Waals surface area contributed by atoms with Crippen LogP contribution in [0.1, 0.15) is 50.1 Å². The zero-order valence-electron chi connectivity index (χ0n) is 16.2. The summed E-state index contributed by atoms with van der Waals surface area (Å²) in [6.45, 7) is 8.75. The molecule has 142 valence electrons. The Morgan fingerprint density at radius 1 is 1.31 bits per heavy atom. The summed E-state index contributed by atoms with van der Waals surface area (Å²) in [5.41, 5.74) is 7.91. The van der Waals surface area contributed by atoms with Gasteiger partial charge in [0.25, 0.3) is 0 Å². The lowest BCUT2D eigenvalue weighted by Gasteiger charge is -2.14. The van der Waals surface area contributed by atoms with Gasteiger partial charge in [-0.15, -0.1) is 0 Å². The fraction of sp³-hybridized carbons (Fsp3) is 0.526. The van der Waals surface area contributed by atoms with Gasteiger partial charge in [0.2, 0.25) is 10.7 Å². The van der Waals surface area contributed by atoms with Gasteiger partial charge in [-0.05, 0) is 30.6 Å². The lowest BCUT2D eigenvalue weighted by molar-refractivity contribution is -0.917. The molecule has 0 aliphatic rings. The Labute approximate surface area is 160 Å². The van der Waals surface area contributed by atoms with Crippen molar-refractivity contribution in [1.82, 2.24) is 14.3 Å². The molecule has 0 saturated heterocycles. The second-order valence-corrected chi connectivity index (χ2v) is 7.46. The van der Waals surface area contributed by atoms with Gasteiger partial charge in [-0.2, -0.15) is 9.78 Å². The molecule has 1 aromatic heterocycles. The minimum atomic E-state index is -0.319. The first kappa shape index (κ1) is 20.3. The number of hydrogen-bond donors (Lipinski definition) is 2. The predicted octanol–water partition coefficient (Wildman–Crippen LogP) is 1.65. The Balaban J connectivity index is 2.07. The number of nitrogens with one attached hydrogen (secondary N) is 1. The van der Waals surface area contributed by atoms with Crippen LogP contribution in [0.4, 0.5) is 0 Å². The fourth-order valence-electron chi connectivity index (χ4n) is 3.01. The molecule has 2 rings (SSSR count). The van der Waals surface area contributed by atoms with Crippen molar-refractivity contribution in [2.75, 3.05) is 7.05 Å². The van der Waals surface area contributed by atoms with Crippen LogP contribution in [0.2, 0.25) is 0 Å². The Hall–Kier alpha value is -1.99. The van der Waals surface area contributed by atoms with Crippen LogP contribution in [0.15, 0.2) is 24.3 Å². The second-order valence-electron chi connectivity index (χ2n) is 7.10. The lowest BCUT2D eigenvalue weighted by atomic mass is 10.0. The number of aromatic nitrogens is 3. The van der Waals surface area contributed by atoms with Crippen LogP contribution in [-0.2, 0) is 31.0 Å². The van der Waals surface area contributed by atoms with Gasteiger partial charge in [0, 0.05) is 24.9 Å². The first-order valence-electron chi connectivity index (χ1n) is 9.16. The van der Waals surface area contributed by atoms with E-state index in [1.165, 1.54) is 16.0 Å². The molecule has 7 heteroatoms. The predicted molar refractivity (Wildman–Crippen MR) is 105 cm³/mol. The highest BCUT2D eigenvalue weighted by Crippen LogP contribution is 2.14. The molecule has 26 heavy (non-hydrogen) atoms. The summed E-state index contributed by atoms with van der Waals surface area (Å²) in [7, 11) is 2.13. The molecule has 1 unspecified atom stereocenters. The van der Waals surface area contributed by atoms with E-state index in [2.05, 4.69) is 50.3 Å². The standard InChI is InChI=1S/C19H29N5OS/c1-5-23-18(11-10-17(20)25)21-24(19(23)26)13-22(4)12-15-6-8-16(9-7-15)14(2)3/h6-9,14H,5,10-13H2,1-4H3,(H2,20,25)/p+1. The van der Waals surface area contributed by atoms with Crippen molar-refractivity contribution in [1.29, 1.82) is 0 Å². The molecular formula is C19H30N5OS+. The van der Waals surface area contributed by atoms with Crippen molar-refractivity contribution >= 4 is 18.1 Å². The molecule has 2 aromatic rings. The average Bonchev–Trinajstić information content (AvgIpc) is 2.88. The molecular weight excluding hydrogens is 346 g/mol. The Morgan fingerprint density at radius 3 is 2.50 bits per heavy atom. The van der Waals surface area contributed by atoms with Crippen LogP contribution in [0, 0.1) is 4.77 Å². The van der Waals surface area contributed by atoms with Gasteiger partial charge in [-0.1, -0.05) is 38.1 Å². The smallest absolute Gasteiger partial charge is 0.217 e. The van der Waals surface area contributed by atoms with Gasteiger partial charge in [0.05, 0.1) is 7.05 Å². The number of nitrogens with zero attached hydrogens (tertiary/aromatic N) is 3. The maximum absolute atomic E-state index is 11.1. The Morgan fingerprint density at radius 2 is 1.96 bits per heavy atom. The number of quaternary nitrogens is 1. The third-order valence-corrected chi connectivity index (χ3v) is 4.91. The third kappa shape index (κ3) is 5.25. The SMILES string of the molecule is CCn1c(CCC(N)=O)nn(C[NH+](C)Cc2ccc(C(C)C)cc2)c1=S. The molecule has 0 bridgehead atoms. The zero-order chi connectivity index (χ0) is 19.3. The largest absolute Gasteiger partial charge is 0.370 e. The molecule has 0 radical (unpaired) electrons. The summed E-state index contributed by atoms with van der Waals surface area (Å²) in [6.07, 6.45) is 0.812. The molecule has 0 aliphatic carbocycles. The summed E-state index contributed by atoms with van der Waals surface area (Å²) in [6, 6.07) is 8.79. The van der Waals surface area contributed by atoms with E-state index in [-0.39, 0.29) is 12.3 Å². The maximum Gasteiger partial charge on any atom is 0.217 e. The van der Waals surface area contributed by atoms with Crippen molar-refractivity contribution in [2.45, 2.75) is 59.3 Å². The van der Waals surface area contributed by atoms with E-state index < -0.39 is 0 Å². The molecule has 0 spiro atoms. The summed E-state index contributed by atoms with van der Waals surface area (Å²) in [5.74, 6) is 1.05. The Kier molecular flexibility index (Phi) is 7.11. The minimum absolute atomic E-state index is 0.288. The normalized spacial score (nSPS) is 12.5. The number of primary amides is 1. The molecule has 6 nitrogen and oxygen atoms in total. The summed E-state index contributed by atoms with van der Waals surface area (Å²) >= 11 is 5.55. The quantitative estimate of drug-likeness (QED) is 0.654. The molecule has 0 saturated carbocycles. The van der Waals surface area contributed by atoms with Crippen LogP contribution in [-0.4, -0.2) is 27.3 Å². The summed E-state index contributed by atoms with van der Waals surface area (Å²) in [4.78, 5) is 12.4. The van der Waals surface area contributed by atoms with Gasteiger partial charge >= 0.3 is 0 Å². The monoisotopic (exact) mass is 376 g/mol. The molecule has 1 atom stereocenters. The van der Waals surface area contributed by atoms with Gasteiger partial charge in [-0.25, -0.2) is 0 Å². The van der Waals surface area contributed by atoms with Gasteiger partial charge in [0.15, 0.2) is 6.67 Å². The molecule has 1 amide bonds. The number of nitrogens with two attached hydrogens (primary N) is 1. The number of rotatable bonds is 9. The van der Waals surface area contributed by atoms with Crippen molar-refractivity contribution in [3.8, 4) is 0 Å². The highest BCUT2D eigenvalue weighted by atomic mass is 32.1. The maximum atomic E-state index is 11.1. The number of amides is 1. The zero-order valence-corrected chi connectivity index (χ0v) is 17.0. The Bertz CT molecular complexity index is 791. The first-order valence-corrected chi connectivity index (χ1v) is 9.57. The van der Waals surface area contributed by atoms with E-state index >= 15 is 0 Å². The topological polar surface area (TPSA) is 70.3 Å². The molecule has 0 aliphatic heterocycles. The first-order chi connectivity index (χ1) is 12.3. The third-order valence-electron chi connectivity index (χ3n) is 4.48. The van der Waals surface area contributed by atoms with Crippen LogP contribution >= 0.6 is 12.2 Å². The summed E-state index contributed by atoms with van der Waals surface area (Å²) < 4.78 is 4.53. The number of aryl methyl sites for hydroxylation is 1. The number of carbonyl (C=O) groups excluding carboxylic acids is 1. The van der Waals surface area contributed by atoms with Gasteiger partial charge in [0.1, 0.15) is 12.4 Å². The summed E-state index contributed by atoms with van der Waals surface area (Å²) in [5, 5.41) is 4.62. The number of benzene rings is 1. The fourth-order valence-corrected chi connectivity index (χ4v) is 3.35. The highest BCUT2D eigenvalue weighted by Gasteiger charge is 2.14. The number of hydrogen-bond acceptors (Lipinski definition) is 3. The van der Waals surface area contributed by atoms with E-state index in [0.717, 1.165) is 18.9 Å². The second kappa shape index (κ2) is 9.09. The van der Waals surface area contributed by atoms with Crippen molar-refractivity contribution in [3.63, 3.8) is 0 Å². The van der Waals surface area contributed by atoms with Gasteiger partial charge < -0.3 is 15.2 Å². The van der Waals surface area contributed by atoms with E-state index in [9.17, 15) is 4.79 Å². The van der Waals surface area contributed by atoms with E-state index in [1.54, 1.807) is 0 Å². The van der Waals surface area contributed by atoms with Crippen LogP contribution in [0.5, 0.6) is 0 Å². The van der Waals surface area contributed by atoms with Crippen LogP contribution in [0.25, 0.3) is 0 Å². The molecule has 1 heterocycles. The van der Waals surface area contributed by atoms with Crippen LogP contribution in [0.3, 0.4) is 0 Å². The molecule has 0 fully saturated rings. The minimum Gasteiger partial charge on any atom is -0.370 e. The van der Waals surface area contributed by atoms with E-state index in [0.29, 0.717) is 23.8 Å². The van der Waals surface area contributed by atoms with Crippen molar-refractivity contribution in [3.05, 3.63) is 46.0 Å². The lowest BCUT2D eigenvalue weighted by Crippen LogP contribution is -3.07. The van der Waals surface area contributed by atoms with E-state index in [1.807, 2.05) is 16.2 Å². The average molecular weight is 377 g/mol. The highest BCUT2D eigenvalue weighted by molar-refractivity contribution is 7.71.